The lowest BCUT2D eigenvalue weighted by molar-refractivity contribution is 0.0695. The van der Waals surface area contributed by atoms with E-state index in [0.29, 0.717) is 5.56 Å². The minimum atomic E-state index is -1.26. The van der Waals surface area contributed by atoms with Gasteiger partial charge in [-0.05, 0) is 35.4 Å². The van der Waals surface area contributed by atoms with Gasteiger partial charge in [-0.25, -0.2) is 13.6 Å². The zero-order chi connectivity index (χ0) is 20.1. The summed E-state index contributed by atoms with van der Waals surface area (Å²) in [7, 11) is 1.36. The van der Waals surface area contributed by atoms with Crippen LogP contribution < -0.4 is 9.47 Å². The van der Waals surface area contributed by atoms with Gasteiger partial charge in [-0.15, -0.1) is 0 Å². The SMILES string of the molecule is COc1ccc(Cc2c(F)cc(C(=O)O)cc2OCc2ccccc2)cc1F. The number of benzene rings is 3. The van der Waals surface area contributed by atoms with Crippen molar-refractivity contribution in [1.29, 1.82) is 0 Å². The summed E-state index contributed by atoms with van der Waals surface area (Å²) in [5.74, 6) is -2.34. The molecule has 0 atom stereocenters. The number of methoxy groups -OCH3 is 1. The van der Waals surface area contributed by atoms with Crippen molar-refractivity contribution in [3.8, 4) is 11.5 Å². The first-order valence-corrected chi connectivity index (χ1v) is 8.52. The Morgan fingerprint density at radius 1 is 0.929 bits per heavy atom. The standard InChI is InChI=1S/C22H18F2O4/c1-27-20-8-7-15(10-19(20)24)9-17-18(23)11-16(22(25)26)12-21(17)28-13-14-5-3-2-4-6-14/h2-8,10-12H,9,13H2,1H3,(H,25,26). The summed E-state index contributed by atoms with van der Waals surface area (Å²) >= 11 is 0. The first kappa shape index (κ1) is 19.4. The third-order valence-electron chi connectivity index (χ3n) is 4.24. The van der Waals surface area contributed by atoms with E-state index in [1.165, 1.54) is 25.3 Å². The van der Waals surface area contributed by atoms with E-state index in [4.69, 9.17) is 9.47 Å². The van der Waals surface area contributed by atoms with Crippen LogP contribution in [0.25, 0.3) is 0 Å². The molecule has 0 spiro atoms. The van der Waals surface area contributed by atoms with Crippen molar-refractivity contribution < 1.29 is 28.2 Å². The molecule has 0 radical (unpaired) electrons. The van der Waals surface area contributed by atoms with Crippen LogP contribution in [0.15, 0.2) is 60.7 Å². The zero-order valence-corrected chi connectivity index (χ0v) is 15.1. The Morgan fingerprint density at radius 2 is 1.68 bits per heavy atom. The summed E-state index contributed by atoms with van der Waals surface area (Å²) in [6, 6.07) is 15.8. The molecule has 144 valence electrons. The number of ether oxygens (including phenoxy) is 2. The highest BCUT2D eigenvalue weighted by Gasteiger charge is 2.17. The zero-order valence-electron chi connectivity index (χ0n) is 15.1. The molecule has 0 amide bonds. The van der Waals surface area contributed by atoms with Gasteiger partial charge in [0.05, 0.1) is 12.7 Å². The molecule has 0 saturated heterocycles. The van der Waals surface area contributed by atoms with Crippen LogP contribution in [0, 0.1) is 11.6 Å². The fraction of sp³-hybridized carbons (Fsp3) is 0.136. The number of aromatic carboxylic acids is 1. The molecule has 3 aromatic rings. The Balaban J connectivity index is 1.94. The van der Waals surface area contributed by atoms with E-state index < -0.39 is 17.6 Å². The second-order valence-corrected chi connectivity index (χ2v) is 6.16. The fourth-order valence-corrected chi connectivity index (χ4v) is 2.79. The average molecular weight is 384 g/mol. The van der Waals surface area contributed by atoms with Crippen molar-refractivity contribution in [2.75, 3.05) is 7.11 Å². The predicted molar refractivity (Wildman–Crippen MR) is 99.9 cm³/mol. The minimum Gasteiger partial charge on any atom is -0.494 e. The molecular weight excluding hydrogens is 366 g/mol. The number of hydrogen-bond donors (Lipinski definition) is 1. The van der Waals surface area contributed by atoms with Gasteiger partial charge in [-0.1, -0.05) is 36.4 Å². The Labute approximate surface area is 161 Å². The molecule has 3 rings (SSSR count). The van der Waals surface area contributed by atoms with E-state index in [-0.39, 0.29) is 35.7 Å². The topological polar surface area (TPSA) is 55.8 Å². The summed E-state index contributed by atoms with van der Waals surface area (Å²) < 4.78 is 39.2. The van der Waals surface area contributed by atoms with Gasteiger partial charge < -0.3 is 14.6 Å². The van der Waals surface area contributed by atoms with Gasteiger partial charge in [0.2, 0.25) is 0 Å². The van der Waals surface area contributed by atoms with Crippen LogP contribution in [0.4, 0.5) is 8.78 Å². The number of halogens is 2. The Kier molecular flexibility index (Phi) is 5.89. The van der Waals surface area contributed by atoms with E-state index in [9.17, 15) is 18.7 Å². The first-order chi connectivity index (χ1) is 13.5. The van der Waals surface area contributed by atoms with Gasteiger partial charge in [-0.2, -0.15) is 0 Å². The summed E-state index contributed by atoms with van der Waals surface area (Å²) in [5, 5.41) is 9.21. The number of rotatable bonds is 7. The van der Waals surface area contributed by atoms with Crippen molar-refractivity contribution >= 4 is 5.97 Å². The molecule has 0 heterocycles. The molecule has 0 fully saturated rings. The lowest BCUT2D eigenvalue weighted by atomic mass is 10.0. The van der Waals surface area contributed by atoms with Gasteiger partial charge in [0, 0.05) is 12.0 Å². The van der Waals surface area contributed by atoms with E-state index in [1.54, 1.807) is 6.07 Å². The lowest BCUT2D eigenvalue weighted by Crippen LogP contribution is -2.06. The van der Waals surface area contributed by atoms with Crippen LogP contribution in [0.2, 0.25) is 0 Å². The molecule has 0 saturated carbocycles. The molecule has 0 bridgehead atoms. The van der Waals surface area contributed by atoms with Gasteiger partial charge in [-0.3, -0.25) is 0 Å². The van der Waals surface area contributed by atoms with Crippen LogP contribution in [0.1, 0.15) is 27.0 Å². The average Bonchev–Trinajstić information content (AvgIpc) is 2.69. The maximum absolute atomic E-state index is 14.7. The van der Waals surface area contributed by atoms with Crippen LogP contribution in [-0.2, 0) is 13.0 Å². The summed E-state index contributed by atoms with van der Waals surface area (Å²) in [6.45, 7) is 0.146. The Bertz CT molecular complexity index is 987. The molecule has 1 N–H and O–H groups in total. The normalized spacial score (nSPS) is 10.5. The largest absolute Gasteiger partial charge is 0.494 e. The van der Waals surface area contributed by atoms with Crippen molar-refractivity contribution in [1.82, 2.24) is 0 Å². The predicted octanol–water partition coefficient (Wildman–Crippen LogP) is 4.84. The maximum Gasteiger partial charge on any atom is 0.335 e. The highest BCUT2D eigenvalue weighted by Crippen LogP contribution is 2.29. The van der Waals surface area contributed by atoms with E-state index in [0.717, 1.165) is 11.6 Å². The van der Waals surface area contributed by atoms with E-state index in [1.807, 2.05) is 30.3 Å². The molecule has 0 aliphatic heterocycles. The second kappa shape index (κ2) is 8.52. The van der Waals surface area contributed by atoms with Gasteiger partial charge in [0.25, 0.3) is 0 Å². The second-order valence-electron chi connectivity index (χ2n) is 6.16. The summed E-state index contributed by atoms with van der Waals surface area (Å²) in [6.07, 6.45) is 0.0385. The van der Waals surface area contributed by atoms with Gasteiger partial charge >= 0.3 is 5.97 Å². The number of hydrogen-bond acceptors (Lipinski definition) is 3. The molecule has 4 nitrogen and oxygen atoms in total. The molecule has 28 heavy (non-hydrogen) atoms. The van der Waals surface area contributed by atoms with Crippen molar-refractivity contribution in [3.63, 3.8) is 0 Å². The van der Waals surface area contributed by atoms with E-state index >= 15 is 0 Å². The monoisotopic (exact) mass is 384 g/mol. The first-order valence-electron chi connectivity index (χ1n) is 8.52. The smallest absolute Gasteiger partial charge is 0.335 e. The van der Waals surface area contributed by atoms with Crippen LogP contribution in [-0.4, -0.2) is 18.2 Å². The number of carboxylic acids is 1. The fourth-order valence-electron chi connectivity index (χ4n) is 2.79. The van der Waals surface area contributed by atoms with Crippen molar-refractivity contribution in [2.45, 2.75) is 13.0 Å². The Hall–Kier alpha value is -3.41. The minimum absolute atomic E-state index is 0.0385. The van der Waals surface area contributed by atoms with Crippen LogP contribution in [0.5, 0.6) is 11.5 Å². The lowest BCUT2D eigenvalue weighted by Gasteiger charge is -2.14. The molecule has 0 aliphatic rings. The quantitative estimate of drug-likeness (QED) is 0.633. The number of carbonyl (C=O) groups is 1. The Morgan fingerprint density at radius 3 is 2.32 bits per heavy atom. The third kappa shape index (κ3) is 4.46. The molecule has 6 heteroatoms. The molecule has 0 aliphatic carbocycles. The van der Waals surface area contributed by atoms with Gasteiger partial charge in [0.15, 0.2) is 11.6 Å². The van der Waals surface area contributed by atoms with Crippen molar-refractivity contribution in [2.24, 2.45) is 0 Å². The molecule has 0 unspecified atom stereocenters. The summed E-state index contributed by atoms with van der Waals surface area (Å²) in [5.41, 5.74) is 1.30. The molecule has 0 aromatic heterocycles. The van der Waals surface area contributed by atoms with Crippen LogP contribution in [0.3, 0.4) is 0 Å². The molecule has 3 aromatic carbocycles. The number of carboxylic acid groups (broad SMARTS) is 1. The van der Waals surface area contributed by atoms with Gasteiger partial charge in [0.1, 0.15) is 18.2 Å². The highest BCUT2D eigenvalue weighted by molar-refractivity contribution is 5.88. The van der Waals surface area contributed by atoms with E-state index in [2.05, 4.69) is 0 Å². The molecular formula is C22H18F2O4. The van der Waals surface area contributed by atoms with Crippen molar-refractivity contribution in [3.05, 3.63) is 94.6 Å². The maximum atomic E-state index is 14.7. The third-order valence-corrected chi connectivity index (χ3v) is 4.24. The summed E-state index contributed by atoms with van der Waals surface area (Å²) in [4.78, 5) is 11.3. The highest BCUT2D eigenvalue weighted by atomic mass is 19.1. The van der Waals surface area contributed by atoms with Crippen LogP contribution >= 0.6 is 0 Å².